The molecule has 0 aliphatic heterocycles. The van der Waals surface area contributed by atoms with Crippen LogP contribution in [0.2, 0.25) is 0 Å². The number of nitrogens with one attached hydrogen (secondary N) is 1. The molecule has 3 nitrogen and oxygen atoms in total. The van der Waals surface area contributed by atoms with Gasteiger partial charge in [0.1, 0.15) is 5.75 Å². The topological polar surface area (TPSA) is 38.3 Å². The summed E-state index contributed by atoms with van der Waals surface area (Å²) < 4.78 is 28.0. The quantitative estimate of drug-likeness (QED) is 0.807. The van der Waals surface area contributed by atoms with Gasteiger partial charge in [-0.1, -0.05) is 12.1 Å². The maximum absolute atomic E-state index is 11.9. The lowest BCUT2D eigenvalue weighted by molar-refractivity contribution is -0.0501. The number of halogens is 2. The van der Waals surface area contributed by atoms with Gasteiger partial charge in [-0.05, 0) is 12.1 Å². The summed E-state index contributed by atoms with van der Waals surface area (Å²) in [6.07, 6.45) is 0. The summed E-state index contributed by atoms with van der Waals surface area (Å²) in [5.74, 6) is -0.580. The van der Waals surface area contributed by atoms with Crippen LogP contribution in [0.4, 0.5) is 8.78 Å². The predicted molar refractivity (Wildman–Crippen MR) is 46.5 cm³/mol. The van der Waals surface area contributed by atoms with Gasteiger partial charge in [-0.2, -0.15) is 8.78 Å². The van der Waals surface area contributed by atoms with Gasteiger partial charge in [0.05, 0.1) is 5.56 Å². The van der Waals surface area contributed by atoms with E-state index >= 15 is 0 Å². The van der Waals surface area contributed by atoms with Gasteiger partial charge >= 0.3 is 6.61 Å². The van der Waals surface area contributed by atoms with Crippen LogP contribution in [-0.4, -0.2) is 19.6 Å². The zero-order valence-electron chi connectivity index (χ0n) is 7.46. The maximum Gasteiger partial charge on any atom is 0.387 e. The number of hydrogen-bond donors (Lipinski definition) is 1. The summed E-state index contributed by atoms with van der Waals surface area (Å²) in [7, 11) is 1.42. The van der Waals surface area contributed by atoms with Crippen LogP contribution >= 0.6 is 0 Å². The minimum Gasteiger partial charge on any atom is -0.434 e. The molecule has 0 fully saturated rings. The van der Waals surface area contributed by atoms with Crippen molar-refractivity contribution in [2.75, 3.05) is 7.05 Å². The first-order valence-electron chi connectivity index (χ1n) is 3.91. The molecule has 14 heavy (non-hydrogen) atoms. The van der Waals surface area contributed by atoms with Gasteiger partial charge in [-0.15, -0.1) is 0 Å². The van der Waals surface area contributed by atoms with Crippen LogP contribution in [0.15, 0.2) is 24.3 Å². The van der Waals surface area contributed by atoms with E-state index in [1.807, 2.05) is 0 Å². The van der Waals surface area contributed by atoms with Crippen molar-refractivity contribution in [1.82, 2.24) is 5.32 Å². The smallest absolute Gasteiger partial charge is 0.387 e. The minimum atomic E-state index is -2.93. The molecule has 1 amide bonds. The SMILES string of the molecule is CNC(=O)c1ccccc1OC(F)F. The average molecular weight is 201 g/mol. The molecule has 0 unspecified atom stereocenters. The van der Waals surface area contributed by atoms with Gasteiger partial charge in [-0.25, -0.2) is 0 Å². The van der Waals surface area contributed by atoms with Gasteiger partial charge in [0.25, 0.3) is 5.91 Å². The van der Waals surface area contributed by atoms with Gasteiger partial charge in [0.2, 0.25) is 0 Å². The van der Waals surface area contributed by atoms with Crippen molar-refractivity contribution in [3.05, 3.63) is 29.8 Å². The Morgan fingerprint density at radius 1 is 1.43 bits per heavy atom. The van der Waals surface area contributed by atoms with Crippen molar-refractivity contribution in [1.29, 1.82) is 0 Å². The Bertz CT molecular complexity index is 328. The molecule has 0 aliphatic carbocycles. The van der Waals surface area contributed by atoms with Crippen molar-refractivity contribution >= 4 is 5.91 Å². The van der Waals surface area contributed by atoms with Gasteiger partial charge in [0.15, 0.2) is 0 Å². The first kappa shape index (κ1) is 10.4. The second kappa shape index (κ2) is 4.55. The lowest BCUT2D eigenvalue weighted by atomic mass is 10.2. The lowest BCUT2D eigenvalue weighted by Crippen LogP contribution is -2.19. The number of carbonyl (C=O) groups excluding carboxylic acids is 1. The summed E-state index contributed by atoms with van der Waals surface area (Å²) in [5, 5.41) is 2.33. The molecule has 1 aromatic carbocycles. The number of para-hydroxylation sites is 1. The number of rotatable bonds is 3. The molecule has 0 saturated carbocycles. The molecule has 0 radical (unpaired) electrons. The van der Waals surface area contributed by atoms with Crippen molar-refractivity contribution in [3.63, 3.8) is 0 Å². The zero-order valence-corrected chi connectivity index (χ0v) is 7.46. The molecule has 76 valence electrons. The van der Waals surface area contributed by atoms with E-state index in [4.69, 9.17) is 0 Å². The molecular formula is C9H9F2NO2. The zero-order chi connectivity index (χ0) is 10.6. The summed E-state index contributed by atoms with van der Waals surface area (Å²) in [5.41, 5.74) is 0.0929. The molecule has 5 heteroatoms. The number of hydrogen-bond acceptors (Lipinski definition) is 2. The van der Waals surface area contributed by atoms with Crippen LogP contribution in [0.3, 0.4) is 0 Å². The monoisotopic (exact) mass is 201 g/mol. The largest absolute Gasteiger partial charge is 0.434 e. The van der Waals surface area contributed by atoms with E-state index in [1.165, 1.54) is 25.2 Å². The van der Waals surface area contributed by atoms with Gasteiger partial charge < -0.3 is 10.1 Å². The van der Waals surface area contributed by atoms with E-state index < -0.39 is 12.5 Å². The van der Waals surface area contributed by atoms with Crippen molar-refractivity contribution in [2.24, 2.45) is 0 Å². The fourth-order valence-corrected chi connectivity index (χ4v) is 0.988. The number of carbonyl (C=O) groups is 1. The Morgan fingerprint density at radius 2 is 2.07 bits per heavy atom. The maximum atomic E-state index is 11.9. The van der Waals surface area contributed by atoms with Crippen LogP contribution in [0.25, 0.3) is 0 Å². The number of ether oxygens (including phenoxy) is 1. The van der Waals surface area contributed by atoms with E-state index in [0.717, 1.165) is 0 Å². The number of amides is 1. The highest BCUT2D eigenvalue weighted by Crippen LogP contribution is 2.19. The Labute approximate surface area is 79.7 Å². The first-order valence-corrected chi connectivity index (χ1v) is 3.91. The Balaban J connectivity index is 2.97. The molecule has 1 N–H and O–H groups in total. The normalized spacial score (nSPS) is 10.0. The fraction of sp³-hybridized carbons (Fsp3) is 0.222. The standard InChI is InChI=1S/C9H9F2NO2/c1-12-8(13)6-4-2-3-5-7(6)14-9(10)11/h2-5,9H,1H3,(H,12,13). The fourth-order valence-electron chi connectivity index (χ4n) is 0.988. The molecule has 0 bridgehead atoms. The molecule has 0 spiro atoms. The van der Waals surface area contributed by atoms with Crippen molar-refractivity contribution in [3.8, 4) is 5.75 Å². The lowest BCUT2D eigenvalue weighted by Gasteiger charge is -2.08. The molecule has 0 atom stereocenters. The van der Waals surface area contributed by atoms with Crippen molar-refractivity contribution in [2.45, 2.75) is 6.61 Å². The first-order chi connectivity index (χ1) is 6.65. The second-order valence-electron chi connectivity index (χ2n) is 2.45. The number of alkyl halides is 2. The summed E-state index contributed by atoms with van der Waals surface area (Å²) in [6, 6.07) is 5.82. The molecule has 0 aliphatic rings. The Morgan fingerprint density at radius 3 is 2.64 bits per heavy atom. The molecule has 0 heterocycles. The van der Waals surface area contributed by atoms with Crippen LogP contribution in [0.1, 0.15) is 10.4 Å². The van der Waals surface area contributed by atoms with Crippen LogP contribution in [0, 0.1) is 0 Å². The molecule has 1 rings (SSSR count). The second-order valence-corrected chi connectivity index (χ2v) is 2.45. The third-order valence-corrected chi connectivity index (χ3v) is 1.57. The number of benzene rings is 1. The van der Waals surface area contributed by atoms with Crippen molar-refractivity contribution < 1.29 is 18.3 Å². The summed E-state index contributed by atoms with van der Waals surface area (Å²) >= 11 is 0. The average Bonchev–Trinajstić information content (AvgIpc) is 2.16. The predicted octanol–water partition coefficient (Wildman–Crippen LogP) is 1.65. The van der Waals surface area contributed by atoms with E-state index in [9.17, 15) is 13.6 Å². The highest BCUT2D eigenvalue weighted by molar-refractivity contribution is 5.96. The van der Waals surface area contributed by atoms with E-state index in [2.05, 4.69) is 10.1 Å². The summed E-state index contributed by atoms with van der Waals surface area (Å²) in [6.45, 7) is -2.93. The van der Waals surface area contributed by atoms with E-state index in [1.54, 1.807) is 6.07 Å². The third-order valence-electron chi connectivity index (χ3n) is 1.57. The van der Waals surface area contributed by atoms with Crippen LogP contribution in [0.5, 0.6) is 5.75 Å². The Kier molecular flexibility index (Phi) is 3.39. The third kappa shape index (κ3) is 2.42. The van der Waals surface area contributed by atoms with Gasteiger partial charge in [-0.3, -0.25) is 4.79 Å². The molecule has 0 saturated heterocycles. The summed E-state index contributed by atoms with van der Waals surface area (Å²) in [4.78, 5) is 11.2. The van der Waals surface area contributed by atoms with Crippen LogP contribution in [-0.2, 0) is 0 Å². The minimum absolute atomic E-state index is 0.0929. The van der Waals surface area contributed by atoms with Crippen LogP contribution < -0.4 is 10.1 Å². The van der Waals surface area contributed by atoms with E-state index in [0.29, 0.717) is 0 Å². The van der Waals surface area contributed by atoms with Gasteiger partial charge in [0, 0.05) is 7.05 Å². The molecule has 1 aromatic rings. The highest BCUT2D eigenvalue weighted by atomic mass is 19.3. The Hall–Kier alpha value is -1.65. The molecular weight excluding hydrogens is 192 g/mol. The molecule has 0 aromatic heterocycles. The van der Waals surface area contributed by atoms with E-state index in [-0.39, 0.29) is 11.3 Å². The highest BCUT2D eigenvalue weighted by Gasteiger charge is 2.13.